The highest BCUT2D eigenvalue weighted by atomic mass is 16.6. The SMILES string of the molecule is CCCCCCCCCCCCCN(C)CC(=O)OC(CCCCC)C(O)C/C=C/CC(=O)NCCNC(=O)C/C=C/CC(O)C(CCCCC)OC(=O)CN(C)CCCCCCCCCCCCC. The summed E-state index contributed by atoms with van der Waals surface area (Å²) in [5.74, 6) is -1.04. The number of rotatable bonds is 51. The van der Waals surface area contributed by atoms with E-state index in [-0.39, 0.29) is 75.6 Å². The zero-order valence-corrected chi connectivity index (χ0v) is 46.1. The van der Waals surface area contributed by atoms with Crippen molar-refractivity contribution in [3.8, 4) is 0 Å². The van der Waals surface area contributed by atoms with Gasteiger partial charge in [-0.2, -0.15) is 0 Å². The van der Waals surface area contributed by atoms with Gasteiger partial charge in [-0.15, -0.1) is 0 Å². The van der Waals surface area contributed by atoms with Crippen LogP contribution in [0.5, 0.6) is 0 Å². The molecule has 0 spiro atoms. The molecule has 0 rings (SSSR count). The molecule has 70 heavy (non-hydrogen) atoms. The fraction of sp³-hybridized carbons (Fsp3) is 0.862. The number of aliphatic hydroxyl groups excluding tert-OH is 2. The first-order valence-corrected chi connectivity index (χ1v) is 28.9. The van der Waals surface area contributed by atoms with Gasteiger partial charge < -0.3 is 30.3 Å². The predicted molar refractivity (Wildman–Crippen MR) is 291 cm³/mol. The molecule has 0 heterocycles. The number of esters is 2. The van der Waals surface area contributed by atoms with Crippen LogP contribution in [0.1, 0.15) is 246 Å². The smallest absolute Gasteiger partial charge is 0.320 e. The number of nitrogens with zero attached hydrogens (tertiary/aromatic N) is 2. The van der Waals surface area contributed by atoms with Crippen LogP contribution in [0.15, 0.2) is 24.3 Å². The Morgan fingerprint density at radius 1 is 0.429 bits per heavy atom. The first-order valence-electron chi connectivity index (χ1n) is 28.9. The van der Waals surface area contributed by atoms with Gasteiger partial charge in [0.1, 0.15) is 12.2 Å². The highest BCUT2D eigenvalue weighted by Gasteiger charge is 2.24. The minimum absolute atomic E-state index is 0.126. The van der Waals surface area contributed by atoms with Gasteiger partial charge >= 0.3 is 11.9 Å². The first kappa shape index (κ1) is 67.2. The molecule has 0 aromatic rings. The van der Waals surface area contributed by atoms with Crippen molar-refractivity contribution in [2.24, 2.45) is 0 Å². The van der Waals surface area contributed by atoms with Gasteiger partial charge in [0.2, 0.25) is 11.8 Å². The van der Waals surface area contributed by atoms with Crippen LogP contribution in [-0.2, 0) is 28.7 Å². The fourth-order valence-electron chi connectivity index (χ4n) is 8.66. The molecule has 0 aromatic carbocycles. The van der Waals surface area contributed by atoms with Gasteiger partial charge in [0.05, 0.1) is 25.3 Å². The summed E-state index contributed by atoms with van der Waals surface area (Å²) in [6.07, 6.45) is 40.0. The molecule has 410 valence electrons. The highest BCUT2D eigenvalue weighted by molar-refractivity contribution is 5.78. The Labute approximate surface area is 429 Å². The molecule has 4 N–H and O–H groups in total. The van der Waals surface area contributed by atoms with Gasteiger partial charge in [0.15, 0.2) is 0 Å². The van der Waals surface area contributed by atoms with E-state index in [1.807, 2.05) is 23.9 Å². The number of unbranched alkanes of at least 4 members (excludes halogenated alkanes) is 24. The second-order valence-corrected chi connectivity index (χ2v) is 20.3. The number of amides is 2. The number of aliphatic hydroxyl groups is 2. The quantitative estimate of drug-likeness (QED) is 0.0263. The van der Waals surface area contributed by atoms with Crippen LogP contribution in [0, 0.1) is 0 Å². The van der Waals surface area contributed by atoms with Gasteiger partial charge in [-0.25, -0.2) is 0 Å². The molecule has 0 saturated carbocycles. The molecule has 0 aromatic heterocycles. The Balaban J connectivity index is 4.47. The summed E-state index contributed by atoms with van der Waals surface area (Å²) in [6.45, 7) is 11.4. The average molecular weight is 992 g/mol. The van der Waals surface area contributed by atoms with Gasteiger partial charge in [-0.05, 0) is 78.6 Å². The van der Waals surface area contributed by atoms with Crippen molar-refractivity contribution in [3.05, 3.63) is 24.3 Å². The lowest BCUT2D eigenvalue weighted by molar-refractivity contribution is -0.157. The molecule has 12 nitrogen and oxygen atoms in total. The van der Waals surface area contributed by atoms with Crippen molar-refractivity contribution < 1.29 is 38.9 Å². The lowest BCUT2D eigenvalue weighted by Crippen LogP contribution is -2.36. The molecule has 4 atom stereocenters. The van der Waals surface area contributed by atoms with Crippen molar-refractivity contribution in [1.29, 1.82) is 0 Å². The fourth-order valence-corrected chi connectivity index (χ4v) is 8.66. The summed E-state index contributed by atoms with van der Waals surface area (Å²) in [7, 11) is 3.89. The van der Waals surface area contributed by atoms with Crippen molar-refractivity contribution in [1.82, 2.24) is 20.4 Å². The minimum atomic E-state index is -0.861. The topological polar surface area (TPSA) is 158 Å². The summed E-state index contributed by atoms with van der Waals surface area (Å²) in [5, 5.41) is 27.5. The maximum Gasteiger partial charge on any atom is 0.320 e. The van der Waals surface area contributed by atoms with Crippen LogP contribution in [0.4, 0.5) is 0 Å². The Kier molecular flexibility index (Phi) is 47.8. The second kappa shape index (κ2) is 49.8. The van der Waals surface area contributed by atoms with E-state index >= 15 is 0 Å². The monoisotopic (exact) mass is 991 g/mol. The first-order chi connectivity index (χ1) is 34.0. The van der Waals surface area contributed by atoms with E-state index < -0.39 is 24.4 Å². The number of carbonyl (C=O) groups is 4. The number of hydrogen-bond acceptors (Lipinski definition) is 10. The predicted octanol–water partition coefficient (Wildman–Crippen LogP) is 12.1. The molecule has 0 fully saturated rings. The molecule has 12 heteroatoms. The van der Waals surface area contributed by atoms with E-state index in [2.05, 4.69) is 38.3 Å². The number of nitrogens with one attached hydrogen (secondary N) is 2. The maximum atomic E-state index is 12.9. The lowest BCUT2D eigenvalue weighted by Gasteiger charge is -2.24. The summed E-state index contributed by atoms with van der Waals surface area (Å²) in [5.41, 5.74) is 0. The van der Waals surface area contributed by atoms with Crippen LogP contribution in [-0.4, -0.2) is 122 Å². The molecule has 0 saturated heterocycles. The third kappa shape index (κ3) is 43.9. The van der Waals surface area contributed by atoms with E-state index in [4.69, 9.17) is 9.47 Å². The number of likely N-dealkylation sites (N-methyl/N-ethyl adjacent to an activating group) is 2. The molecule has 0 bridgehead atoms. The van der Waals surface area contributed by atoms with E-state index in [0.29, 0.717) is 12.8 Å². The van der Waals surface area contributed by atoms with Crippen LogP contribution in [0.3, 0.4) is 0 Å². The largest absolute Gasteiger partial charge is 0.459 e. The van der Waals surface area contributed by atoms with Crippen LogP contribution in [0.25, 0.3) is 0 Å². The standard InChI is InChI=1S/C58H110N4O8/c1-7-11-15-17-19-21-23-25-27-29-37-47-61(5)49-57(67)69-53(41-31-13-9-3)51(63)39-33-35-43-55(65)59-45-46-60-56(66)44-36-34-40-52(64)54(42-32-14-10-4)70-58(68)50-62(6)48-38-30-28-26-24-22-20-18-16-12-8-2/h33-36,51-54,63-64H,7-32,37-50H2,1-6H3,(H,59,65)(H,60,66)/b35-33+,36-34+. The van der Waals surface area contributed by atoms with Gasteiger partial charge in [-0.3, -0.25) is 29.0 Å². The molecular weight excluding hydrogens is 881 g/mol. The Morgan fingerprint density at radius 2 is 0.714 bits per heavy atom. The van der Waals surface area contributed by atoms with Crippen LogP contribution < -0.4 is 10.6 Å². The van der Waals surface area contributed by atoms with Crippen molar-refractivity contribution in [2.45, 2.75) is 270 Å². The van der Waals surface area contributed by atoms with E-state index in [1.165, 1.54) is 128 Å². The third-order valence-electron chi connectivity index (χ3n) is 13.2. The van der Waals surface area contributed by atoms with Crippen molar-refractivity contribution >= 4 is 23.8 Å². The van der Waals surface area contributed by atoms with E-state index in [0.717, 1.165) is 64.5 Å². The molecule has 0 aliphatic carbocycles. The van der Waals surface area contributed by atoms with Crippen LogP contribution in [0.2, 0.25) is 0 Å². The van der Waals surface area contributed by atoms with E-state index in [9.17, 15) is 29.4 Å². The zero-order chi connectivity index (χ0) is 51.7. The van der Waals surface area contributed by atoms with E-state index in [1.54, 1.807) is 24.3 Å². The minimum Gasteiger partial charge on any atom is -0.459 e. The average Bonchev–Trinajstić information content (AvgIpc) is 3.33. The third-order valence-corrected chi connectivity index (χ3v) is 13.2. The number of ether oxygens (including phenoxy) is 2. The second-order valence-electron chi connectivity index (χ2n) is 20.3. The molecule has 0 aliphatic heterocycles. The van der Waals surface area contributed by atoms with Gasteiger partial charge in [0, 0.05) is 25.9 Å². The van der Waals surface area contributed by atoms with Gasteiger partial charge in [0.25, 0.3) is 0 Å². The van der Waals surface area contributed by atoms with Crippen LogP contribution >= 0.6 is 0 Å². The van der Waals surface area contributed by atoms with Crippen molar-refractivity contribution in [3.63, 3.8) is 0 Å². The summed E-state index contributed by atoms with van der Waals surface area (Å²) >= 11 is 0. The lowest BCUT2D eigenvalue weighted by atomic mass is 10.0. The highest BCUT2D eigenvalue weighted by Crippen LogP contribution is 2.18. The molecule has 2 amide bonds. The molecular formula is C58H110N4O8. The Hall–Kier alpha value is -2.80. The maximum absolute atomic E-state index is 12.9. The zero-order valence-electron chi connectivity index (χ0n) is 46.1. The normalized spacial score (nSPS) is 13.6. The number of hydrogen-bond donors (Lipinski definition) is 4. The Morgan fingerprint density at radius 3 is 1.03 bits per heavy atom. The molecule has 4 unspecified atom stereocenters. The summed E-state index contributed by atoms with van der Waals surface area (Å²) in [6, 6.07) is 0. The Bertz CT molecular complexity index is 1200. The molecule has 0 radical (unpaired) electrons. The molecule has 0 aliphatic rings. The summed E-state index contributed by atoms with van der Waals surface area (Å²) < 4.78 is 11.6. The van der Waals surface area contributed by atoms with Crippen molar-refractivity contribution in [2.75, 3.05) is 53.4 Å². The number of carbonyl (C=O) groups excluding carboxylic acids is 4. The van der Waals surface area contributed by atoms with Gasteiger partial charge in [-0.1, -0.05) is 206 Å². The summed E-state index contributed by atoms with van der Waals surface area (Å²) in [4.78, 5) is 54.6.